The molecule has 0 spiro atoms. The van der Waals surface area contributed by atoms with Gasteiger partial charge in [0.05, 0.1) is 11.3 Å². The molecule has 5 rings (SSSR count). The third kappa shape index (κ3) is 4.18. The highest BCUT2D eigenvalue weighted by atomic mass is 19.1. The lowest BCUT2D eigenvalue weighted by Gasteiger charge is -2.32. The van der Waals surface area contributed by atoms with E-state index in [1.165, 1.54) is 16.8 Å². The Balaban J connectivity index is 1.55. The smallest absolute Gasteiger partial charge is 0.280 e. The first-order valence-corrected chi connectivity index (χ1v) is 11.0. The molecule has 0 N–H and O–H groups in total. The van der Waals surface area contributed by atoms with Crippen molar-refractivity contribution in [2.24, 2.45) is 5.92 Å². The Labute approximate surface area is 194 Å². The minimum absolute atomic E-state index is 0.0251. The molecule has 1 fully saturated rings. The van der Waals surface area contributed by atoms with Gasteiger partial charge in [0.2, 0.25) is 11.7 Å². The number of benzene rings is 2. The molecule has 10 heteroatoms. The lowest BCUT2D eigenvalue weighted by atomic mass is 9.92. The molecule has 2 aromatic carbocycles. The van der Waals surface area contributed by atoms with Crippen molar-refractivity contribution in [3.63, 3.8) is 0 Å². The van der Waals surface area contributed by atoms with E-state index < -0.39 is 11.6 Å². The molecule has 1 unspecified atom stereocenters. The van der Waals surface area contributed by atoms with Crippen molar-refractivity contribution in [3.8, 4) is 28.7 Å². The van der Waals surface area contributed by atoms with Crippen molar-refractivity contribution in [3.05, 3.63) is 65.9 Å². The fraction of sp³-hybridized carbons (Fsp3) is 0.292. The van der Waals surface area contributed by atoms with E-state index in [1.54, 1.807) is 43.3 Å². The highest BCUT2D eigenvalue weighted by Crippen LogP contribution is 2.30. The van der Waals surface area contributed by atoms with Crippen LogP contribution in [0.25, 0.3) is 28.7 Å². The van der Waals surface area contributed by atoms with Crippen LogP contribution in [0, 0.1) is 17.6 Å². The second kappa shape index (κ2) is 9.12. The number of hydrogen-bond acceptors (Lipinski definition) is 6. The number of hydrogen-bond donors (Lipinski definition) is 0. The number of carbonyl (C=O) groups is 1. The molecule has 1 saturated heterocycles. The molecule has 1 atom stereocenters. The molecule has 8 nitrogen and oxygen atoms in total. The van der Waals surface area contributed by atoms with E-state index in [1.807, 2.05) is 4.90 Å². The van der Waals surface area contributed by atoms with Gasteiger partial charge in [0.1, 0.15) is 17.3 Å². The number of aromatic nitrogens is 5. The van der Waals surface area contributed by atoms with E-state index >= 15 is 0 Å². The summed E-state index contributed by atoms with van der Waals surface area (Å²) in [5.41, 5.74) is 1.33. The molecule has 1 aliphatic rings. The highest BCUT2D eigenvalue weighted by Gasteiger charge is 2.28. The number of carbonyl (C=O) groups excluding carboxylic acids is 1. The van der Waals surface area contributed by atoms with Gasteiger partial charge in [-0.1, -0.05) is 34.6 Å². The molecule has 1 aliphatic heterocycles. The van der Waals surface area contributed by atoms with Gasteiger partial charge in [-0.3, -0.25) is 4.79 Å². The average molecular weight is 464 g/mol. The van der Waals surface area contributed by atoms with E-state index in [-0.39, 0.29) is 34.8 Å². The predicted octanol–water partition coefficient (Wildman–Crippen LogP) is 4.06. The maximum Gasteiger partial charge on any atom is 0.280 e. The Morgan fingerprint density at radius 2 is 1.88 bits per heavy atom. The largest absolute Gasteiger partial charge is 0.343 e. The van der Waals surface area contributed by atoms with E-state index in [4.69, 9.17) is 4.52 Å². The first kappa shape index (κ1) is 21.9. The maximum absolute atomic E-state index is 14.6. The summed E-state index contributed by atoms with van der Waals surface area (Å²) < 4.78 is 35.7. The van der Waals surface area contributed by atoms with Crippen LogP contribution in [0.3, 0.4) is 0 Å². The Bertz CT molecular complexity index is 1330. The minimum Gasteiger partial charge on any atom is -0.343 e. The zero-order valence-corrected chi connectivity index (χ0v) is 18.5. The molecular weight excluding hydrogens is 442 g/mol. The molecule has 1 amide bonds. The lowest BCUT2D eigenvalue weighted by molar-refractivity contribution is -0.130. The summed E-state index contributed by atoms with van der Waals surface area (Å²) in [6, 6.07) is 12.4. The summed E-state index contributed by atoms with van der Waals surface area (Å²) in [6.07, 6.45) is 2.24. The van der Waals surface area contributed by atoms with Crippen LogP contribution in [0.4, 0.5) is 8.78 Å². The molecule has 0 bridgehead atoms. The molecule has 2 aromatic heterocycles. The summed E-state index contributed by atoms with van der Waals surface area (Å²) in [5, 5.41) is 12.3. The van der Waals surface area contributed by atoms with Gasteiger partial charge < -0.3 is 9.42 Å². The van der Waals surface area contributed by atoms with E-state index in [0.29, 0.717) is 24.4 Å². The normalized spacial score (nSPS) is 16.1. The molecule has 0 saturated carbocycles. The van der Waals surface area contributed by atoms with Gasteiger partial charge in [0.15, 0.2) is 5.69 Å². The topological polar surface area (TPSA) is 89.9 Å². The van der Waals surface area contributed by atoms with Gasteiger partial charge >= 0.3 is 0 Å². The molecule has 174 valence electrons. The van der Waals surface area contributed by atoms with E-state index in [9.17, 15) is 13.6 Å². The van der Waals surface area contributed by atoms with Crippen LogP contribution in [-0.2, 0) is 11.2 Å². The third-order valence-electron chi connectivity index (χ3n) is 6.03. The number of likely N-dealkylation sites (tertiary alicyclic amines) is 1. The van der Waals surface area contributed by atoms with Crippen molar-refractivity contribution < 1.29 is 18.1 Å². The van der Waals surface area contributed by atoms with Gasteiger partial charge in [-0.05, 0) is 49.4 Å². The quantitative estimate of drug-likeness (QED) is 0.442. The van der Waals surface area contributed by atoms with Crippen molar-refractivity contribution in [1.29, 1.82) is 0 Å². The summed E-state index contributed by atoms with van der Waals surface area (Å²) in [6.45, 7) is 2.86. The molecule has 0 radical (unpaired) electrons. The Morgan fingerprint density at radius 3 is 2.65 bits per heavy atom. The van der Waals surface area contributed by atoms with Crippen molar-refractivity contribution >= 4 is 5.91 Å². The van der Waals surface area contributed by atoms with Gasteiger partial charge in [-0.15, -0.1) is 5.10 Å². The van der Waals surface area contributed by atoms with Gasteiger partial charge in [0, 0.05) is 20.0 Å². The second-order valence-electron chi connectivity index (χ2n) is 8.33. The van der Waals surface area contributed by atoms with Gasteiger partial charge in [-0.2, -0.15) is 4.98 Å². The van der Waals surface area contributed by atoms with Crippen molar-refractivity contribution in [2.45, 2.75) is 26.2 Å². The summed E-state index contributed by atoms with van der Waals surface area (Å²) in [5.74, 6) is -0.634. The van der Waals surface area contributed by atoms with Crippen molar-refractivity contribution in [2.75, 3.05) is 13.1 Å². The van der Waals surface area contributed by atoms with Crippen molar-refractivity contribution in [1.82, 2.24) is 30.0 Å². The predicted molar refractivity (Wildman–Crippen MR) is 119 cm³/mol. The summed E-state index contributed by atoms with van der Waals surface area (Å²) in [7, 11) is 0. The zero-order valence-electron chi connectivity index (χ0n) is 18.5. The number of piperidine rings is 1. The molecule has 34 heavy (non-hydrogen) atoms. The second-order valence-corrected chi connectivity index (χ2v) is 8.33. The van der Waals surface area contributed by atoms with E-state index in [2.05, 4.69) is 20.5 Å². The van der Waals surface area contributed by atoms with E-state index in [0.717, 1.165) is 19.4 Å². The van der Waals surface area contributed by atoms with Crippen LogP contribution in [0.15, 0.2) is 53.1 Å². The standard InChI is InChI=1S/C24H22F2N6O2/c1-15(33)31-12-6-7-16(14-31)13-21-22(28-30-32(21)20-11-5-4-10-19(20)26)24-27-23(29-34-24)17-8-2-3-9-18(17)25/h2-5,8-11,16H,6-7,12-14H2,1H3. The summed E-state index contributed by atoms with van der Waals surface area (Å²) >= 11 is 0. The monoisotopic (exact) mass is 464 g/mol. The first-order valence-electron chi connectivity index (χ1n) is 11.0. The van der Waals surface area contributed by atoms with Gasteiger partial charge in [0.25, 0.3) is 5.89 Å². The highest BCUT2D eigenvalue weighted by molar-refractivity contribution is 5.73. The molecule has 3 heterocycles. The average Bonchev–Trinajstić information content (AvgIpc) is 3.47. The van der Waals surface area contributed by atoms with Crippen LogP contribution in [0.2, 0.25) is 0 Å². The fourth-order valence-corrected chi connectivity index (χ4v) is 4.33. The number of para-hydroxylation sites is 1. The summed E-state index contributed by atoms with van der Waals surface area (Å²) in [4.78, 5) is 18.1. The van der Waals surface area contributed by atoms with Crippen LogP contribution >= 0.6 is 0 Å². The maximum atomic E-state index is 14.6. The molecule has 4 aromatic rings. The Morgan fingerprint density at radius 1 is 1.12 bits per heavy atom. The zero-order chi connectivity index (χ0) is 23.7. The molecular formula is C24H22F2N6O2. The SMILES string of the molecule is CC(=O)N1CCCC(Cc2c(-c3nc(-c4ccccc4F)no3)nnn2-c2ccccc2F)C1. The van der Waals surface area contributed by atoms with Crippen LogP contribution in [0.1, 0.15) is 25.5 Å². The lowest BCUT2D eigenvalue weighted by Crippen LogP contribution is -2.39. The first-order chi connectivity index (χ1) is 16.5. The number of rotatable bonds is 5. The number of halogens is 2. The Kier molecular flexibility index (Phi) is 5.87. The Hall–Kier alpha value is -3.95. The van der Waals surface area contributed by atoms with Gasteiger partial charge in [-0.25, -0.2) is 13.5 Å². The number of amides is 1. The third-order valence-corrected chi connectivity index (χ3v) is 6.03. The van der Waals surface area contributed by atoms with Crippen LogP contribution < -0.4 is 0 Å². The van der Waals surface area contributed by atoms with Crippen LogP contribution in [0.5, 0.6) is 0 Å². The van der Waals surface area contributed by atoms with Crippen LogP contribution in [-0.4, -0.2) is 49.0 Å². The number of nitrogens with zero attached hydrogens (tertiary/aromatic N) is 6. The molecule has 0 aliphatic carbocycles. The minimum atomic E-state index is -0.475. The fourth-order valence-electron chi connectivity index (χ4n) is 4.33.